The Morgan fingerprint density at radius 3 is 2.62 bits per heavy atom. The van der Waals surface area contributed by atoms with Crippen LogP contribution in [0.15, 0.2) is 48.5 Å². The first-order chi connectivity index (χ1) is 12.7. The van der Waals surface area contributed by atoms with Gasteiger partial charge in [0.05, 0.1) is 0 Å². The predicted octanol–water partition coefficient (Wildman–Crippen LogP) is 4.86. The van der Waals surface area contributed by atoms with Crippen LogP contribution in [-0.2, 0) is 17.6 Å². The molecule has 4 rings (SSSR count). The van der Waals surface area contributed by atoms with Crippen LogP contribution in [0.2, 0.25) is 0 Å². The first-order valence-corrected chi connectivity index (χ1v) is 9.91. The Balaban J connectivity index is 1.64. The van der Waals surface area contributed by atoms with E-state index in [1.165, 1.54) is 24.8 Å². The number of phenols is 1. The Labute approximate surface area is 155 Å². The third kappa shape index (κ3) is 3.48. The number of aromatic hydroxyl groups is 1. The molecule has 26 heavy (non-hydrogen) atoms. The SMILES string of the molecule is O=C(C1CCCCC1)N1c2ccccc2CCC1Cc1cccc(O)c1. The Morgan fingerprint density at radius 1 is 1.00 bits per heavy atom. The van der Waals surface area contributed by atoms with Crippen LogP contribution in [0, 0.1) is 5.92 Å². The number of phenolic OH excluding ortho intramolecular Hbond substituents is 1. The van der Waals surface area contributed by atoms with Gasteiger partial charge in [0.25, 0.3) is 0 Å². The number of carbonyl (C=O) groups excluding carboxylic acids is 1. The molecule has 0 aromatic heterocycles. The highest BCUT2D eigenvalue weighted by Crippen LogP contribution is 2.36. The Bertz CT molecular complexity index is 779. The molecule has 0 spiro atoms. The lowest BCUT2D eigenvalue weighted by molar-refractivity contribution is -0.123. The highest BCUT2D eigenvalue weighted by Gasteiger charge is 2.35. The summed E-state index contributed by atoms with van der Waals surface area (Å²) in [4.78, 5) is 15.6. The largest absolute Gasteiger partial charge is 0.508 e. The molecule has 1 atom stereocenters. The quantitative estimate of drug-likeness (QED) is 0.859. The summed E-state index contributed by atoms with van der Waals surface area (Å²) in [5.74, 6) is 0.771. The molecule has 1 heterocycles. The summed E-state index contributed by atoms with van der Waals surface area (Å²) in [5.41, 5.74) is 3.47. The van der Waals surface area contributed by atoms with Crippen LogP contribution in [-0.4, -0.2) is 17.1 Å². The van der Waals surface area contributed by atoms with Crippen molar-refractivity contribution in [2.45, 2.75) is 57.4 Å². The molecular weight excluding hydrogens is 322 g/mol. The zero-order valence-corrected chi connectivity index (χ0v) is 15.2. The fourth-order valence-corrected chi connectivity index (χ4v) is 4.60. The second kappa shape index (κ2) is 7.53. The van der Waals surface area contributed by atoms with Crippen LogP contribution in [0.5, 0.6) is 5.75 Å². The van der Waals surface area contributed by atoms with Crippen molar-refractivity contribution in [1.29, 1.82) is 0 Å². The van der Waals surface area contributed by atoms with Crippen molar-refractivity contribution >= 4 is 11.6 Å². The molecule has 1 aliphatic carbocycles. The van der Waals surface area contributed by atoms with Crippen molar-refractivity contribution in [3.05, 3.63) is 59.7 Å². The summed E-state index contributed by atoms with van der Waals surface area (Å²) in [6, 6.07) is 16.0. The Morgan fingerprint density at radius 2 is 1.81 bits per heavy atom. The van der Waals surface area contributed by atoms with E-state index in [1.807, 2.05) is 24.3 Å². The molecule has 1 aliphatic heterocycles. The molecule has 2 aromatic rings. The Kier molecular flexibility index (Phi) is 4.96. The fraction of sp³-hybridized carbons (Fsp3) is 0.435. The van der Waals surface area contributed by atoms with Gasteiger partial charge in [0.15, 0.2) is 0 Å². The van der Waals surface area contributed by atoms with Gasteiger partial charge in [0, 0.05) is 17.6 Å². The van der Waals surface area contributed by atoms with Gasteiger partial charge in [-0.3, -0.25) is 4.79 Å². The average molecular weight is 349 g/mol. The number of para-hydroxylation sites is 1. The van der Waals surface area contributed by atoms with E-state index in [4.69, 9.17) is 0 Å². The van der Waals surface area contributed by atoms with E-state index in [0.717, 1.165) is 43.4 Å². The minimum atomic E-state index is 0.168. The van der Waals surface area contributed by atoms with Gasteiger partial charge >= 0.3 is 0 Å². The summed E-state index contributed by atoms with van der Waals surface area (Å²) in [5, 5.41) is 9.80. The molecule has 3 heteroatoms. The molecule has 136 valence electrons. The molecule has 2 aliphatic rings. The first-order valence-electron chi connectivity index (χ1n) is 9.91. The van der Waals surface area contributed by atoms with E-state index in [-0.39, 0.29) is 12.0 Å². The third-order valence-electron chi connectivity index (χ3n) is 5.94. The van der Waals surface area contributed by atoms with Gasteiger partial charge in [-0.25, -0.2) is 0 Å². The number of hydrogen-bond acceptors (Lipinski definition) is 2. The standard InChI is InChI=1S/C23H27NO2/c25-21-11-6-7-17(16-21)15-20-14-13-18-8-4-5-12-22(18)24(20)23(26)19-9-2-1-3-10-19/h4-8,11-12,16,19-20,25H,1-3,9-10,13-15H2. The lowest BCUT2D eigenvalue weighted by atomic mass is 9.85. The summed E-state index contributed by atoms with van der Waals surface area (Å²) in [7, 11) is 0. The maximum atomic E-state index is 13.5. The lowest BCUT2D eigenvalue weighted by Crippen LogP contribution is -2.48. The van der Waals surface area contributed by atoms with Crippen molar-refractivity contribution in [3.63, 3.8) is 0 Å². The fourth-order valence-electron chi connectivity index (χ4n) is 4.60. The van der Waals surface area contributed by atoms with Crippen LogP contribution in [0.25, 0.3) is 0 Å². The van der Waals surface area contributed by atoms with Gasteiger partial charge in [-0.15, -0.1) is 0 Å². The first kappa shape index (κ1) is 17.1. The molecule has 0 bridgehead atoms. The number of anilines is 1. The monoisotopic (exact) mass is 349 g/mol. The molecular formula is C23H27NO2. The van der Waals surface area contributed by atoms with Gasteiger partial charge in [-0.05, 0) is 61.4 Å². The molecule has 1 N–H and O–H groups in total. The summed E-state index contributed by atoms with van der Waals surface area (Å²) in [6.07, 6.45) is 8.42. The predicted molar refractivity (Wildman–Crippen MR) is 104 cm³/mol. The van der Waals surface area contributed by atoms with Crippen molar-refractivity contribution in [1.82, 2.24) is 0 Å². The topological polar surface area (TPSA) is 40.5 Å². The van der Waals surface area contributed by atoms with E-state index in [9.17, 15) is 9.90 Å². The van der Waals surface area contributed by atoms with E-state index in [1.54, 1.807) is 6.07 Å². The minimum absolute atomic E-state index is 0.168. The van der Waals surface area contributed by atoms with E-state index >= 15 is 0 Å². The molecule has 2 aromatic carbocycles. The van der Waals surface area contributed by atoms with Gasteiger partial charge in [-0.1, -0.05) is 49.6 Å². The number of rotatable bonds is 3. The minimum Gasteiger partial charge on any atom is -0.508 e. The number of amides is 1. The lowest BCUT2D eigenvalue weighted by Gasteiger charge is -2.40. The van der Waals surface area contributed by atoms with Crippen LogP contribution in [0.3, 0.4) is 0 Å². The van der Waals surface area contributed by atoms with E-state index in [0.29, 0.717) is 11.7 Å². The number of nitrogens with zero attached hydrogens (tertiary/aromatic N) is 1. The van der Waals surface area contributed by atoms with Gasteiger partial charge in [0.1, 0.15) is 5.75 Å². The molecule has 1 unspecified atom stereocenters. The maximum absolute atomic E-state index is 13.5. The molecule has 1 fully saturated rings. The van der Waals surface area contributed by atoms with Crippen LogP contribution in [0.4, 0.5) is 5.69 Å². The second-order valence-corrected chi connectivity index (χ2v) is 7.74. The summed E-state index contributed by atoms with van der Waals surface area (Å²) >= 11 is 0. The average Bonchev–Trinajstić information content (AvgIpc) is 2.68. The van der Waals surface area contributed by atoms with Crippen molar-refractivity contribution in [2.24, 2.45) is 5.92 Å². The normalized spacial score (nSPS) is 20.6. The van der Waals surface area contributed by atoms with E-state index < -0.39 is 0 Å². The number of fused-ring (bicyclic) bond motifs is 1. The van der Waals surface area contributed by atoms with Gasteiger partial charge < -0.3 is 10.0 Å². The number of carbonyl (C=O) groups is 1. The molecule has 0 saturated heterocycles. The van der Waals surface area contributed by atoms with Crippen molar-refractivity contribution in [3.8, 4) is 5.75 Å². The Hall–Kier alpha value is -2.29. The maximum Gasteiger partial charge on any atom is 0.230 e. The molecule has 1 saturated carbocycles. The van der Waals surface area contributed by atoms with E-state index in [2.05, 4.69) is 23.1 Å². The highest BCUT2D eigenvalue weighted by molar-refractivity contribution is 5.97. The zero-order chi connectivity index (χ0) is 17.9. The highest BCUT2D eigenvalue weighted by atomic mass is 16.3. The number of hydrogen-bond donors (Lipinski definition) is 1. The van der Waals surface area contributed by atoms with Gasteiger partial charge in [0.2, 0.25) is 5.91 Å². The number of aryl methyl sites for hydroxylation is 1. The van der Waals surface area contributed by atoms with Crippen LogP contribution >= 0.6 is 0 Å². The van der Waals surface area contributed by atoms with Crippen molar-refractivity contribution < 1.29 is 9.90 Å². The van der Waals surface area contributed by atoms with Crippen LogP contribution in [0.1, 0.15) is 49.7 Å². The second-order valence-electron chi connectivity index (χ2n) is 7.74. The molecule has 1 amide bonds. The third-order valence-corrected chi connectivity index (χ3v) is 5.94. The summed E-state index contributed by atoms with van der Waals surface area (Å²) in [6.45, 7) is 0. The van der Waals surface area contributed by atoms with Gasteiger partial charge in [-0.2, -0.15) is 0 Å². The van der Waals surface area contributed by atoms with Crippen LogP contribution < -0.4 is 4.90 Å². The zero-order valence-electron chi connectivity index (χ0n) is 15.2. The smallest absolute Gasteiger partial charge is 0.230 e. The number of benzene rings is 2. The molecule has 3 nitrogen and oxygen atoms in total. The van der Waals surface area contributed by atoms with Crippen molar-refractivity contribution in [2.75, 3.05) is 4.90 Å². The molecule has 0 radical (unpaired) electrons. The summed E-state index contributed by atoms with van der Waals surface area (Å²) < 4.78 is 0.